The van der Waals surface area contributed by atoms with Gasteiger partial charge in [0.2, 0.25) is 0 Å². The van der Waals surface area contributed by atoms with Crippen LogP contribution >= 0.6 is 34.8 Å². The molecule has 106 valence electrons. The normalized spacial score (nSPS) is 10.8. The predicted octanol–water partition coefficient (Wildman–Crippen LogP) is 5.81. The Labute approximate surface area is 134 Å². The summed E-state index contributed by atoms with van der Waals surface area (Å²) in [5.74, 6) is 0. The van der Waals surface area contributed by atoms with Crippen LogP contribution in [0.1, 0.15) is 18.9 Å². The third kappa shape index (κ3) is 4.13. The van der Waals surface area contributed by atoms with Gasteiger partial charge in [-0.15, -0.1) is 0 Å². The van der Waals surface area contributed by atoms with E-state index in [-0.39, 0.29) is 0 Å². The van der Waals surface area contributed by atoms with Crippen molar-refractivity contribution < 1.29 is 0 Å². The van der Waals surface area contributed by atoms with Gasteiger partial charge in [-0.1, -0.05) is 47.8 Å². The predicted molar refractivity (Wildman–Crippen MR) is 88.9 cm³/mol. The maximum absolute atomic E-state index is 6.10. The minimum absolute atomic E-state index is 0.634. The summed E-state index contributed by atoms with van der Waals surface area (Å²) in [4.78, 5) is 0. The Bertz CT molecular complexity index is 576. The summed E-state index contributed by atoms with van der Waals surface area (Å²) in [6.45, 7) is 3.89. The molecule has 0 heterocycles. The molecule has 0 unspecified atom stereocenters. The van der Waals surface area contributed by atoms with Crippen molar-refractivity contribution in [2.75, 3.05) is 6.54 Å². The zero-order valence-corrected chi connectivity index (χ0v) is 13.5. The Morgan fingerprint density at radius 2 is 1.60 bits per heavy atom. The van der Waals surface area contributed by atoms with Crippen LogP contribution in [0.15, 0.2) is 36.4 Å². The molecule has 4 heteroatoms. The molecule has 0 aliphatic heterocycles. The third-order valence-corrected chi connectivity index (χ3v) is 3.65. The highest BCUT2D eigenvalue weighted by Crippen LogP contribution is 2.31. The average Bonchev–Trinajstić information content (AvgIpc) is 2.38. The summed E-state index contributed by atoms with van der Waals surface area (Å²) in [5, 5.41) is 5.39. The Morgan fingerprint density at radius 1 is 0.900 bits per heavy atom. The van der Waals surface area contributed by atoms with Crippen molar-refractivity contribution in [2.45, 2.75) is 19.9 Å². The standard InChI is InChI=1S/C16H16Cl3N/c1-2-5-20-10-12-8-13(17)3-4-16(12)11-6-14(18)9-15(19)7-11/h3-4,6-9,20H,2,5,10H2,1H3. The highest BCUT2D eigenvalue weighted by atomic mass is 35.5. The zero-order valence-electron chi connectivity index (χ0n) is 11.2. The van der Waals surface area contributed by atoms with Crippen LogP contribution in [0.25, 0.3) is 11.1 Å². The molecule has 0 aliphatic carbocycles. The molecule has 2 aromatic carbocycles. The first-order chi connectivity index (χ1) is 9.60. The van der Waals surface area contributed by atoms with Gasteiger partial charge in [0.1, 0.15) is 0 Å². The van der Waals surface area contributed by atoms with E-state index in [4.69, 9.17) is 34.8 Å². The number of benzene rings is 2. The van der Waals surface area contributed by atoms with Gasteiger partial charge in [0.05, 0.1) is 0 Å². The van der Waals surface area contributed by atoms with Gasteiger partial charge in [-0.25, -0.2) is 0 Å². The average molecular weight is 329 g/mol. The molecular formula is C16H16Cl3N. The molecule has 0 fully saturated rings. The Balaban J connectivity index is 2.39. The lowest BCUT2D eigenvalue weighted by Crippen LogP contribution is -2.14. The molecule has 1 nitrogen and oxygen atoms in total. The SMILES string of the molecule is CCCNCc1cc(Cl)ccc1-c1cc(Cl)cc(Cl)c1. The van der Waals surface area contributed by atoms with E-state index >= 15 is 0 Å². The van der Waals surface area contributed by atoms with Crippen LogP contribution in [0.2, 0.25) is 15.1 Å². The fourth-order valence-electron chi connectivity index (χ4n) is 2.10. The first-order valence-electron chi connectivity index (χ1n) is 6.55. The van der Waals surface area contributed by atoms with Gasteiger partial charge in [-0.05, 0) is 60.0 Å². The number of halogens is 3. The van der Waals surface area contributed by atoms with Gasteiger partial charge in [0.15, 0.2) is 0 Å². The maximum Gasteiger partial charge on any atom is 0.0426 e. The summed E-state index contributed by atoms with van der Waals surface area (Å²) < 4.78 is 0. The van der Waals surface area contributed by atoms with Crippen LogP contribution in [0.3, 0.4) is 0 Å². The zero-order chi connectivity index (χ0) is 14.5. The summed E-state index contributed by atoms with van der Waals surface area (Å²) in [5.41, 5.74) is 3.25. The van der Waals surface area contributed by atoms with E-state index in [1.54, 1.807) is 6.07 Å². The molecule has 0 radical (unpaired) electrons. The van der Waals surface area contributed by atoms with E-state index < -0.39 is 0 Å². The fourth-order valence-corrected chi connectivity index (χ4v) is 2.82. The van der Waals surface area contributed by atoms with E-state index in [0.717, 1.165) is 41.2 Å². The summed E-state index contributed by atoms with van der Waals surface area (Å²) in [6, 6.07) is 11.4. The Kier molecular flexibility index (Phi) is 5.74. The van der Waals surface area contributed by atoms with Gasteiger partial charge in [-0.3, -0.25) is 0 Å². The van der Waals surface area contributed by atoms with Gasteiger partial charge in [0, 0.05) is 21.6 Å². The van der Waals surface area contributed by atoms with Crippen molar-refractivity contribution in [1.82, 2.24) is 5.32 Å². The monoisotopic (exact) mass is 327 g/mol. The van der Waals surface area contributed by atoms with Crippen molar-refractivity contribution >= 4 is 34.8 Å². The molecule has 2 aromatic rings. The van der Waals surface area contributed by atoms with Crippen molar-refractivity contribution in [3.8, 4) is 11.1 Å². The molecule has 0 atom stereocenters. The number of hydrogen-bond donors (Lipinski definition) is 1. The highest BCUT2D eigenvalue weighted by Gasteiger charge is 2.08. The Hall–Kier alpha value is -0.730. The van der Waals surface area contributed by atoms with E-state index in [0.29, 0.717) is 10.0 Å². The molecule has 0 spiro atoms. The second-order valence-electron chi connectivity index (χ2n) is 4.64. The first kappa shape index (κ1) is 15.7. The van der Waals surface area contributed by atoms with Crippen LogP contribution in [0.4, 0.5) is 0 Å². The van der Waals surface area contributed by atoms with Crippen LogP contribution in [-0.4, -0.2) is 6.54 Å². The van der Waals surface area contributed by atoms with Crippen LogP contribution < -0.4 is 5.32 Å². The molecule has 20 heavy (non-hydrogen) atoms. The molecule has 0 aliphatic rings. The maximum atomic E-state index is 6.10. The van der Waals surface area contributed by atoms with Crippen molar-refractivity contribution in [1.29, 1.82) is 0 Å². The highest BCUT2D eigenvalue weighted by molar-refractivity contribution is 6.35. The van der Waals surface area contributed by atoms with E-state index in [2.05, 4.69) is 12.2 Å². The lowest BCUT2D eigenvalue weighted by molar-refractivity contribution is 0.676. The molecule has 1 N–H and O–H groups in total. The van der Waals surface area contributed by atoms with Crippen molar-refractivity contribution in [3.63, 3.8) is 0 Å². The number of nitrogens with one attached hydrogen (secondary N) is 1. The van der Waals surface area contributed by atoms with Gasteiger partial charge in [0.25, 0.3) is 0 Å². The molecule has 0 saturated carbocycles. The molecular weight excluding hydrogens is 313 g/mol. The second kappa shape index (κ2) is 7.33. The van der Waals surface area contributed by atoms with E-state index in [1.165, 1.54) is 0 Å². The lowest BCUT2D eigenvalue weighted by Gasteiger charge is -2.12. The molecule has 0 saturated heterocycles. The topological polar surface area (TPSA) is 12.0 Å². The summed E-state index contributed by atoms with van der Waals surface area (Å²) >= 11 is 18.3. The van der Waals surface area contributed by atoms with E-state index in [9.17, 15) is 0 Å². The lowest BCUT2D eigenvalue weighted by atomic mass is 9.99. The van der Waals surface area contributed by atoms with Gasteiger partial charge < -0.3 is 5.32 Å². The second-order valence-corrected chi connectivity index (χ2v) is 5.95. The van der Waals surface area contributed by atoms with Crippen LogP contribution in [-0.2, 0) is 6.54 Å². The minimum Gasteiger partial charge on any atom is -0.313 e. The van der Waals surface area contributed by atoms with Crippen molar-refractivity contribution in [3.05, 3.63) is 57.0 Å². The fraction of sp³-hybridized carbons (Fsp3) is 0.250. The van der Waals surface area contributed by atoms with Gasteiger partial charge in [-0.2, -0.15) is 0 Å². The largest absolute Gasteiger partial charge is 0.313 e. The minimum atomic E-state index is 0.634. The quantitative estimate of drug-likeness (QED) is 0.683. The van der Waals surface area contributed by atoms with E-state index in [1.807, 2.05) is 30.3 Å². The number of hydrogen-bond acceptors (Lipinski definition) is 1. The Morgan fingerprint density at radius 3 is 2.25 bits per heavy atom. The smallest absolute Gasteiger partial charge is 0.0426 e. The summed E-state index contributed by atoms with van der Waals surface area (Å²) in [6.07, 6.45) is 1.10. The van der Waals surface area contributed by atoms with Gasteiger partial charge >= 0.3 is 0 Å². The number of rotatable bonds is 5. The van der Waals surface area contributed by atoms with Crippen LogP contribution in [0, 0.1) is 0 Å². The summed E-state index contributed by atoms with van der Waals surface area (Å²) in [7, 11) is 0. The third-order valence-electron chi connectivity index (χ3n) is 2.98. The molecule has 0 bridgehead atoms. The molecule has 0 aromatic heterocycles. The van der Waals surface area contributed by atoms with Crippen molar-refractivity contribution in [2.24, 2.45) is 0 Å². The molecule has 0 amide bonds. The molecule has 2 rings (SSSR count). The van der Waals surface area contributed by atoms with Crippen LogP contribution in [0.5, 0.6) is 0 Å². The first-order valence-corrected chi connectivity index (χ1v) is 7.69.